The first-order valence-corrected chi connectivity index (χ1v) is 6.53. The molecule has 0 spiro atoms. The maximum atomic E-state index is 13.4. The van der Waals surface area contributed by atoms with Gasteiger partial charge in [0.1, 0.15) is 12.4 Å². The van der Waals surface area contributed by atoms with Crippen molar-refractivity contribution < 1.29 is 18.3 Å². The number of halogens is 4. The van der Waals surface area contributed by atoms with E-state index in [4.69, 9.17) is 9.47 Å². The summed E-state index contributed by atoms with van der Waals surface area (Å²) in [5.74, 6) is -1.15. The SMILES string of the molecule is Cl.Fc1cc(OCCN2CCOCC2)c(F)cc1Br. The van der Waals surface area contributed by atoms with Crippen LogP contribution >= 0.6 is 28.3 Å². The second kappa shape index (κ2) is 7.99. The fourth-order valence-corrected chi connectivity index (χ4v) is 2.04. The van der Waals surface area contributed by atoms with Crippen LogP contribution in [0.25, 0.3) is 0 Å². The molecule has 1 aliphatic heterocycles. The monoisotopic (exact) mass is 357 g/mol. The molecule has 0 bridgehead atoms. The van der Waals surface area contributed by atoms with Crippen LogP contribution < -0.4 is 4.74 Å². The highest BCUT2D eigenvalue weighted by Gasteiger charge is 2.12. The van der Waals surface area contributed by atoms with Crippen molar-refractivity contribution in [1.29, 1.82) is 0 Å². The van der Waals surface area contributed by atoms with Crippen LogP contribution in [0.1, 0.15) is 0 Å². The number of hydrogen-bond donors (Lipinski definition) is 0. The molecule has 1 aromatic rings. The smallest absolute Gasteiger partial charge is 0.166 e. The van der Waals surface area contributed by atoms with Gasteiger partial charge in [0.05, 0.1) is 17.7 Å². The van der Waals surface area contributed by atoms with Crippen LogP contribution in [-0.2, 0) is 4.74 Å². The van der Waals surface area contributed by atoms with Gasteiger partial charge in [0.15, 0.2) is 11.6 Å². The van der Waals surface area contributed by atoms with Crippen molar-refractivity contribution in [2.45, 2.75) is 0 Å². The third-order valence-electron chi connectivity index (χ3n) is 2.74. The Morgan fingerprint density at radius 1 is 1.21 bits per heavy atom. The summed E-state index contributed by atoms with van der Waals surface area (Å²) in [5, 5.41) is 0. The summed E-state index contributed by atoms with van der Waals surface area (Å²) < 4.78 is 37.2. The van der Waals surface area contributed by atoms with Gasteiger partial charge in [-0.25, -0.2) is 8.78 Å². The molecule has 1 saturated heterocycles. The van der Waals surface area contributed by atoms with Crippen LogP contribution in [-0.4, -0.2) is 44.4 Å². The number of hydrogen-bond acceptors (Lipinski definition) is 3. The second-order valence-electron chi connectivity index (χ2n) is 4.00. The van der Waals surface area contributed by atoms with E-state index in [2.05, 4.69) is 20.8 Å². The summed E-state index contributed by atoms with van der Waals surface area (Å²) in [6.07, 6.45) is 0. The lowest BCUT2D eigenvalue weighted by atomic mass is 10.3. The zero-order valence-electron chi connectivity index (χ0n) is 10.2. The first-order valence-electron chi connectivity index (χ1n) is 5.74. The van der Waals surface area contributed by atoms with Crippen molar-refractivity contribution in [2.24, 2.45) is 0 Å². The lowest BCUT2D eigenvalue weighted by Crippen LogP contribution is -2.38. The average Bonchev–Trinajstić information content (AvgIpc) is 2.37. The zero-order chi connectivity index (χ0) is 13.0. The summed E-state index contributed by atoms with van der Waals surface area (Å²) in [7, 11) is 0. The average molecular weight is 359 g/mol. The minimum Gasteiger partial charge on any atom is -0.489 e. The Labute approximate surface area is 125 Å². The summed E-state index contributed by atoms with van der Waals surface area (Å²) in [4.78, 5) is 2.16. The first-order chi connectivity index (χ1) is 8.66. The first kappa shape index (κ1) is 16.6. The van der Waals surface area contributed by atoms with E-state index in [9.17, 15) is 8.78 Å². The van der Waals surface area contributed by atoms with E-state index in [1.54, 1.807) is 0 Å². The topological polar surface area (TPSA) is 21.7 Å². The Balaban J connectivity index is 0.00000180. The molecule has 0 saturated carbocycles. The van der Waals surface area contributed by atoms with E-state index in [-0.39, 0.29) is 22.6 Å². The van der Waals surface area contributed by atoms with E-state index in [0.29, 0.717) is 26.4 Å². The van der Waals surface area contributed by atoms with Gasteiger partial charge in [-0.3, -0.25) is 4.90 Å². The molecule has 3 nitrogen and oxygen atoms in total. The molecule has 1 fully saturated rings. The van der Waals surface area contributed by atoms with Gasteiger partial charge in [0, 0.05) is 25.7 Å². The Morgan fingerprint density at radius 3 is 2.58 bits per heavy atom. The summed E-state index contributed by atoms with van der Waals surface area (Å²) in [6, 6.07) is 2.12. The van der Waals surface area contributed by atoms with Crippen LogP contribution in [0.15, 0.2) is 16.6 Å². The second-order valence-corrected chi connectivity index (χ2v) is 4.85. The molecule has 0 unspecified atom stereocenters. The van der Waals surface area contributed by atoms with E-state index in [1.165, 1.54) is 0 Å². The highest BCUT2D eigenvalue weighted by atomic mass is 79.9. The van der Waals surface area contributed by atoms with Gasteiger partial charge in [-0.1, -0.05) is 0 Å². The maximum absolute atomic E-state index is 13.4. The molecule has 0 amide bonds. The molecule has 0 atom stereocenters. The molecule has 1 aliphatic rings. The Kier molecular flexibility index (Phi) is 6.99. The van der Waals surface area contributed by atoms with Crippen molar-refractivity contribution >= 4 is 28.3 Å². The molecular weight excluding hydrogens is 343 g/mol. The normalized spacial score (nSPS) is 15.9. The minimum absolute atomic E-state index is 0. The van der Waals surface area contributed by atoms with Crippen molar-refractivity contribution in [3.63, 3.8) is 0 Å². The van der Waals surface area contributed by atoms with E-state index in [0.717, 1.165) is 25.2 Å². The van der Waals surface area contributed by atoms with Crippen LogP contribution in [0.4, 0.5) is 8.78 Å². The highest BCUT2D eigenvalue weighted by molar-refractivity contribution is 9.10. The van der Waals surface area contributed by atoms with Crippen molar-refractivity contribution in [3.05, 3.63) is 28.2 Å². The van der Waals surface area contributed by atoms with Crippen LogP contribution in [0.5, 0.6) is 5.75 Å². The number of morpholine rings is 1. The third-order valence-corrected chi connectivity index (χ3v) is 3.35. The van der Waals surface area contributed by atoms with Crippen LogP contribution in [0.2, 0.25) is 0 Å². The molecule has 1 aromatic carbocycles. The van der Waals surface area contributed by atoms with Crippen molar-refractivity contribution in [1.82, 2.24) is 4.90 Å². The Hall–Kier alpha value is -0.430. The molecule has 2 rings (SSSR count). The lowest BCUT2D eigenvalue weighted by Gasteiger charge is -2.26. The van der Waals surface area contributed by atoms with Gasteiger partial charge in [-0.2, -0.15) is 0 Å². The maximum Gasteiger partial charge on any atom is 0.166 e. The molecule has 0 aromatic heterocycles. The van der Waals surface area contributed by atoms with Gasteiger partial charge >= 0.3 is 0 Å². The molecule has 0 aliphatic carbocycles. The zero-order valence-corrected chi connectivity index (χ0v) is 12.6. The number of ether oxygens (including phenoxy) is 2. The molecule has 1 heterocycles. The molecule has 0 N–H and O–H groups in total. The van der Waals surface area contributed by atoms with E-state index < -0.39 is 11.6 Å². The summed E-state index contributed by atoms with van der Waals surface area (Å²) >= 11 is 2.92. The molecule has 7 heteroatoms. The van der Waals surface area contributed by atoms with Gasteiger partial charge < -0.3 is 9.47 Å². The summed E-state index contributed by atoms with van der Waals surface area (Å²) in [5.41, 5.74) is 0. The Bertz CT molecular complexity index is 417. The van der Waals surface area contributed by atoms with Gasteiger partial charge in [0.25, 0.3) is 0 Å². The number of nitrogens with zero attached hydrogens (tertiary/aromatic N) is 1. The molecular formula is C12H15BrClF2NO2. The largest absolute Gasteiger partial charge is 0.489 e. The molecule has 19 heavy (non-hydrogen) atoms. The fraction of sp³-hybridized carbons (Fsp3) is 0.500. The summed E-state index contributed by atoms with van der Waals surface area (Å²) in [6.45, 7) is 4.13. The number of rotatable bonds is 4. The molecule has 0 radical (unpaired) electrons. The standard InChI is InChI=1S/C12H14BrF2NO2.ClH/c13-9-7-11(15)12(8-10(9)14)18-6-3-16-1-4-17-5-2-16;/h7-8H,1-6H2;1H. The predicted octanol–water partition coefficient (Wildman–Crippen LogP) is 2.86. The van der Waals surface area contributed by atoms with Gasteiger partial charge in [-0.15, -0.1) is 12.4 Å². The quantitative estimate of drug-likeness (QED) is 0.773. The Morgan fingerprint density at radius 2 is 1.89 bits per heavy atom. The van der Waals surface area contributed by atoms with Gasteiger partial charge in [-0.05, 0) is 22.0 Å². The van der Waals surface area contributed by atoms with Crippen molar-refractivity contribution in [3.8, 4) is 5.75 Å². The van der Waals surface area contributed by atoms with Crippen LogP contribution in [0.3, 0.4) is 0 Å². The van der Waals surface area contributed by atoms with E-state index in [1.807, 2.05) is 0 Å². The van der Waals surface area contributed by atoms with Gasteiger partial charge in [0.2, 0.25) is 0 Å². The highest BCUT2D eigenvalue weighted by Crippen LogP contribution is 2.24. The van der Waals surface area contributed by atoms with Crippen molar-refractivity contribution in [2.75, 3.05) is 39.5 Å². The predicted molar refractivity (Wildman–Crippen MR) is 74.1 cm³/mol. The van der Waals surface area contributed by atoms with E-state index >= 15 is 0 Å². The third kappa shape index (κ3) is 4.87. The minimum atomic E-state index is -0.565. The molecule has 108 valence electrons. The lowest BCUT2D eigenvalue weighted by molar-refractivity contribution is 0.0320. The van der Waals surface area contributed by atoms with Crippen LogP contribution in [0, 0.1) is 11.6 Å². The number of benzene rings is 1. The fourth-order valence-electron chi connectivity index (χ4n) is 1.72.